The Kier molecular flexibility index (Phi) is 9.40. The number of carbonyl (C=O) groups is 1. The van der Waals surface area contributed by atoms with Crippen LogP contribution < -0.4 is 5.32 Å². The molecule has 0 aliphatic carbocycles. The predicted octanol–water partition coefficient (Wildman–Crippen LogP) is 2.22. The highest BCUT2D eigenvalue weighted by Gasteiger charge is 2.21. The summed E-state index contributed by atoms with van der Waals surface area (Å²) < 4.78 is 5.27. The van der Waals surface area contributed by atoms with Crippen LogP contribution in [0.4, 0.5) is 0 Å². The molecule has 1 amide bonds. The van der Waals surface area contributed by atoms with Gasteiger partial charge in [0.2, 0.25) is 5.91 Å². The molecule has 114 valence electrons. The van der Waals surface area contributed by atoms with Gasteiger partial charge in [-0.15, -0.1) is 12.4 Å². The first-order valence-electron chi connectivity index (χ1n) is 7.14. The minimum Gasteiger partial charge on any atom is -0.379 e. The fourth-order valence-electron chi connectivity index (χ4n) is 2.26. The first-order chi connectivity index (χ1) is 8.53. The van der Waals surface area contributed by atoms with Crippen molar-refractivity contribution in [2.75, 3.05) is 32.8 Å². The average molecular weight is 293 g/mol. The Morgan fingerprint density at radius 1 is 1.26 bits per heavy atom. The lowest BCUT2D eigenvalue weighted by Gasteiger charge is -2.30. The molecule has 0 aromatic heterocycles. The highest BCUT2D eigenvalue weighted by atomic mass is 35.5. The van der Waals surface area contributed by atoms with Crippen molar-refractivity contribution in [1.29, 1.82) is 0 Å². The number of nitrogens with one attached hydrogen (secondary N) is 1. The third-order valence-corrected chi connectivity index (χ3v) is 3.35. The van der Waals surface area contributed by atoms with Crippen molar-refractivity contribution in [2.45, 2.75) is 52.0 Å². The molecule has 0 aromatic carbocycles. The van der Waals surface area contributed by atoms with Gasteiger partial charge >= 0.3 is 0 Å². The van der Waals surface area contributed by atoms with Crippen LogP contribution >= 0.6 is 12.4 Å². The van der Waals surface area contributed by atoms with Gasteiger partial charge in [0.1, 0.15) is 0 Å². The summed E-state index contributed by atoms with van der Waals surface area (Å²) >= 11 is 0. The minimum atomic E-state index is -0.0848. The molecule has 0 radical (unpaired) electrons. The van der Waals surface area contributed by atoms with E-state index in [0.29, 0.717) is 6.54 Å². The van der Waals surface area contributed by atoms with Gasteiger partial charge in [0.15, 0.2) is 0 Å². The Morgan fingerprint density at radius 3 is 2.47 bits per heavy atom. The van der Waals surface area contributed by atoms with Crippen LogP contribution in [0.25, 0.3) is 0 Å². The first kappa shape index (κ1) is 18.7. The van der Waals surface area contributed by atoms with Crippen LogP contribution in [-0.2, 0) is 9.53 Å². The van der Waals surface area contributed by atoms with Crippen molar-refractivity contribution < 1.29 is 9.53 Å². The summed E-state index contributed by atoms with van der Waals surface area (Å²) in [5, 5.41) is 3.14. The predicted molar refractivity (Wildman–Crippen MR) is 80.9 cm³/mol. The number of ether oxygens (including phenoxy) is 1. The van der Waals surface area contributed by atoms with Crippen molar-refractivity contribution in [1.82, 2.24) is 10.2 Å². The van der Waals surface area contributed by atoms with E-state index in [-0.39, 0.29) is 23.9 Å². The van der Waals surface area contributed by atoms with E-state index in [0.717, 1.165) is 32.7 Å². The monoisotopic (exact) mass is 292 g/mol. The van der Waals surface area contributed by atoms with E-state index < -0.39 is 0 Å². The average Bonchev–Trinajstić information content (AvgIpc) is 2.29. The molecule has 1 aliphatic heterocycles. The highest BCUT2D eigenvalue weighted by Crippen LogP contribution is 2.13. The topological polar surface area (TPSA) is 41.6 Å². The molecule has 0 spiro atoms. The van der Waals surface area contributed by atoms with Crippen LogP contribution in [0.3, 0.4) is 0 Å². The van der Waals surface area contributed by atoms with Gasteiger partial charge in [-0.3, -0.25) is 9.69 Å². The fraction of sp³-hybridized carbons (Fsp3) is 0.929. The normalized spacial score (nSPS) is 16.8. The quantitative estimate of drug-likeness (QED) is 0.732. The van der Waals surface area contributed by atoms with E-state index in [4.69, 9.17) is 4.74 Å². The summed E-state index contributed by atoms with van der Waals surface area (Å²) in [5.41, 5.74) is -0.0848. The van der Waals surface area contributed by atoms with E-state index in [1.807, 2.05) is 0 Å². The van der Waals surface area contributed by atoms with Gasteiger partial charge < -0.3 is 10.1 Å². The van der Waals surface area contributed by atoms with Gasteiger partial charge in [-0.05, 0) is 20.3 Å². The minimum absolute atomic E-state index is 0. The molecular weight excluding hydrogens is 264 g/mol. The maximum absolute atomic E-state index is 12.0. The number of morpholine rings is 1. The summed E-state index contributed by atoms with van der Waals surface area (Å²) in [7, 11) is 0. The van der Waals surface area contributed by atoms with E-state index in [9.17, 15) is 4.79 Å². The third-order valence-electron chi connectivity index (χ3n) is 3.35. The molecule has 0 aromatic rings. The number of nitrogens with zero attached hydrogens (tertiary/aromatic N) is 1. The van der Waals surface area contributed by atoms with Crippen LogP contribution in [0.1, 0.15) is 46.5 Å². The second-order valence-electron chi connectivity index (χ2n) is 5.78. The Labute approximate surface area is 123 Å². The maximum Gasteiger partial charge on any atom is 0.234 e. The molecule has 19 heavy (non-hydrogen) atoms. The van der Waals surface area contributed by atoms with E-state index >= 15 is 0 Å². The van der Waals surface area contributed by atoms with Crippen molar-refractivity contribution in [2.24, 2.45) is 0 Å². The second kappa shape index (κ2) is 9.56. The molecule has 1 rings (SSSR count). The van der Waals surface area contributed by atoms with E-state index in [2.05, 4.69) is 31.0 Å². The van der Waals surface area contributed by atoms with Crippen molar-refractivity contribution in [3.05, 3.63) is 0 Å². The SMILES string of the molecule is CCCCCC(C)(C)NC(=O)CN1CCOCC1.Cl. The molecule has 0 atom stereocenters. The molecule has 4 nitrogen and oxygen atoms in total. The fourth-order valence-corrected chi connectivity index (χ4v) is 2.26. The zero-order valence-electron chi connectivity index (χ0n) is 12.5. The number of hydrogen-bond acceptors (Lipinski definition) is 3. The second-order valence-corrected chi connectivity index (χ2v) is 5.78. The summed E-state index contributed by atoms with van der Waals surface area (Å²) in [6, 6.07) is 0. The Bertz CT molecular complexity index is 254. The Morgan fingerprint density at radius 2 is 1.89 bits per heavy atom. The van der Waals surface area contributed by atoms with E-state index in [1.54, 1.807) is 0 Å². The maximum atomic E-state index is 12.0. The zero-order valence-corrected chi connectivity index (χ0v) is 13.4. The van der Waals surface area contributed by atoms with Gasteiger partial charge in [-0.1, -0.05) is 26.2 Å². The summed E-state index contributed by atoms with van der Waals surface area (Å²) in [6.07, 6.45) is 4.69. The number of rotatable bonds is 7. The summed E-state index contributed by atoms with van der Waals surface area (Å²) in [4.78, 5) is 14.1. The van der Waals surface area contributed by atoms with Gasteiger partial charge in [-0.25, -0.2) is 0 Å². The van der Waals surface area contributed by atoms with Gasteiger partial charge in [0.05, 0.1) is 19.8 Å². The summed E-state index contributed by atoms with van der Waals surface area (Å²) in [6.45, 7) is 10.1. The van der Waals surface area contributed by atoms with Crippen molar-refractivity contribution in [3.63, 3.8) is 0 Å². The van der Waals surface area contributed by atoms with Crippen LogP contribution in [0.2, 0.25) is 0 Å². The number of halogens is 1. The van der Waals surface area contributed by atoms with Gasteiger partial charge in [0, 0.05) is 18.6 Å². The third kappa shape index (κ3) is 8.45. The van der Waals surface area contributed by atoms with Gasteiger partial charge in [0.25, 0.3) is 0 Å². The van der Waals surface area contributed by atoms with Crippen molar-refractivity contribution in [3.8, 4) is 0 Å². The van der Waals surface area contributed by atoms with Gasteiger partial charge in [-0.2, -0.15) is 0 Å². The number of carbonyl (C=O) groups excluding carboxylic acids is 1. The number of hydrogen-bond donors (Lipinski definition) is 1. The number of unbranched alkanes of at least 4 members (excludes halogenated alkanes) is 2. The molecule has 1 fully saturated rings. The van der Waals surface area contributed by atoms with Crippen molar-refractivity contribution >= 4 is 18.3 Å². The Hall–Kier alpha value is -0.320. The molecule has 1 heterocycles. The molecule has 5 heteroatoms. The largest absolute Gasteiger partial charge is 0.379 e. The zero-order chi connectivity index (χ0) is 13.4. The molecule has 0 bridgehead atoms. The number of amides is 1. The molecule has 1 saturated heterocycles. The van der Waals surface area contributed by atoms with Crippen LogP contribution in [-0.4, -0.2) is 49.2 Å². The van der Waals surface area contributed by atoms with Crippen LogP contribution in [0, 0.1) is 0 Å². The lowest BCUT2D eigenvalue weighted by molar-refractivity contribution is -0.124. The molecule has 0 unspecified atom stereocenters. The smallest absolute Gasteiger partial charge is 0.234 e. The molecule has 1 aliphatic rings. The molecular formula is C14H29ClN2O2. The molecule has 0 saturated carbocycles. The lowest BCUT2D eigenvalue weighted by Crippen LogP contribution is -2.49. The summed E-state index contributed by atoms with van der Waals surface area (Å²) in [5.74, 6) is 0.137. The molecule has 1 N–H and O–H groups in total. The van der Waals surface area contributed by atoms with Crippen LogP contribution in [0.15, 0.2) is 0 Å². The standard InChI is InChI=1S/C14H28N2O2.ClH/c1-4-5-6-7-14(2,3)15-13(17)12-16-8-10-18-11-9-16;/h4-12H2,1-3H3,(H,15,17);1H. The van der Waals surface area contributed by atoms with E-state index in [1.165, 1.54) is 19.3 Å². The highest BCUT2D eigenvalue weighted by molar-refractivity contribution is 5.85. The Balaban J connectivity index is 0.00000324. The first-order valence-corrected chi connectivity index (χ1v) is 7.14. The lowest BCUT2D eigenvalue weighted by atomic mass is 9.96. The van der Waals surface area contributed by atoms with Crippen LogP contribution in [0.5, 0.6) is 0 Å².